The molecule has 2 aliphatic rings. The van der Waals surface area contributed by atoms with Gasteiger partial charge in [0.1, 0.15) is 5.82 Å². The Labute approximate surface area is 168 Å². The molecule has 12 heteroatoms. The molecule has 150 valence electrons. The van der Waals surface area contributed by atoms with Crippen molar-refractivity contribution in [2.45, 2.75) is 6.18 Å². The van der Waals surface area contributed by atoms with Gasteiger partial charge in [-0.3, -0.25) is 0 Å². The lowest BCUT2D eigenvalue weighted by Crippen LogP contribution is -2.25. The Morgan fingerprint density at radius 1 is 1.14 bits per heavy atom. The van der Waals surface area contributed by atoms with Crippen molar-refractivity contribution in [3.63, 3.8) is 0 Å². The lowest BCUT2D eigenvalue weighted by Gasteiger charge is -2.14. The van der Waals surface area contributed by atoms with E-state index in [0.29, 0.717) is 22.5 Å². The zero-order chi connectivity index (χ0) is 18.8. The minimum absolute atomic E-state index is 0. The maximum atomic E-state index is 13.1. The maximum Gasteiger partial charge on any atom is 0.419 e. The van der Waals surface area contributed by atoms with Crippen LogP contribution >= 0.6 is 23.7 Å². The highest BCUT2D eigenvalue weighted by Crippen LogP contribution is 2.37. The van der Waals surface area contributed by atoms with E-state index in [9.17, 15) is 13.2 Å². The summed E-state index contributed by atoms with van der Waals surface area (Å²) in [6.45, 7) is 3.91. The molecule has 28 heavy (non-hydrogen) atoms. The van der Waals surface area contributed by atoms with Gasteiger partial charge in [0.2, 0.25) is 10.1 Å². The van der Waals surface area contributed by atoms with E-state index in [4.69, 9.17) is 5.73 Å². The van der Waals surface area contributed by atoms with Gasteiger partial charge in [0, 0.05) is 37.9 Å². The number of rotatable bonds is 2. The summed E-state index contributed by atoms with van der Waals surface area (Å²) in [5, 5.41) is 8.85. The van der Waals surface area contributed by atoms with E-state index in [2.05, 4.69) is 25.3 Å². The van der Waals surface area contributed by atoms with Crippen LogP contribution in [-0.4, -0.2) is 45.8 Å². The number of nitrogens with zero attached hydrogens (tertiary/aromatic N) is 5. The molecule has 0 aromatic carbocycles. The van der Waals surface area contributed by atoms with E-state index in [1.807, 2.05) is 0 Å². The van der Waals surface area contributed by atoms with E-state index in [1.165, 1.54) is 23.7 Å². The predicted molar refractivity (Wildman–Crippen MR) is 103 cm³/mol. The Kier molecular flexibility index (Phi) is 4.63. The molecule has 2 atom stereocenters. The van der Waals surface area contributed by atoms with E-state index < -0.39 is 17.6 Å². The van der Waals surface area contributed by atoms with Crippen LogP contribution in [0.15, 0.2) is 18.5 Å². The van der Waals surface area contributed by atoms with Crippen LogP contribution in [0.1, 0.15) is 5.56 Å². The second kappa shape index (κ2) is 6.75. The van der Waals surface area contributed by atoms with Crippen LogP contribution < -0.4 is 16.0 Å². The Balaban J connectivity index is 0.00000192. The van der Waals surface area contributed by atoms with Gasteiger partial charge in [-0.15, -0.1) is 17.5 Å². The summed E-state index contributed by atoms with van der Waals surface area (Å²) in [6.07, 6.45) is -1.73. The normalized spacial score (nSPS) is 21.9. The minimum Gasteiger partial charge on any atom is -0.383 e. The van der Waals surface area contributed by atoms with Gasteiger partial charge in [-0.2, -0.15) is 13.2 Å². The van der Waals surface area contributed by atoms with E-state index in [1.54, 1.807) is 4.52 Å². The van der Waals surface area contributed by atoms with Crippen molar-refractivity contribution >= 4 is 39.7 Å². The molecule has 2 aliphatic heterocycles. The molecular formula is C16H17ClF3N7S. The molecule has 3 aromatic rings. The van der Waals surface area contributed by atoms with E-state index >= 15 is 0 Å². The predicted octanol–water partition coefficient (Wildman–Crippen LogP) is 2.53. The lowest BCUT2D eigenvalue weighted by molar-refractivity contribution is -0.137. The summed E-state index contributed by atoms with van der Waals surface area (Å²) >= 11 is 1.44. The van der Waals surface area contributed by atoms with E-state index in [-0.39, 0.29) is 18.0 Å². The molecule has 2 fully saturated rings. The van der Waals surface area contributed by atoms with Crippen LogP contribution in [0.2, 0.25) is 0 Å². The fraction of sp³-hybridized carbons (Fsp3) is 0.438. The number of aromatic nitrogens is 4. The SMILES string of the molecule is Cl.Nc1ncc(-c2cnc3sc(N4C[C@H]5CNC[C@H]5C4)nn23)cc1C(F)(F)F. The molecule has 3 aromatic heterocycles. The molecule has 5 heterocycles. The van der Waals surface area contributed by atoms with Crippen molar-refractivity contribution in [2.24, 2.45) is 11.8 Å². The number of anilines is 2. The number of pyridine rings is 1. The van der Waals surface area contributed by atoms with Crippen molar-refractivity contribution in [3.8, 4) is 11.3 Å². The van der Waals surface area contributed by atoms with Gasteiger partial charge in [0.15, 0.2) is 0 Å². The smallest absolute Gasteiger partial charge is 0.383 e. The molecule has 0 radical (unpaired) electrons. The first-order chi connectivity index (χ1) is 12.9. The topological polar surface area (TPSA) is 84.4 Å². The highest BCUT2D eigenvalue weighted by molar-refractivity contribution is 7.20. The molecule has 2 saturated heterocycles. The van der Waals surface area contributed by atoms with Crippen molar-refractivity contribution in [1.82, 2.24) is 24.9 Å². The number of halogens is 4. The Morgan fingerprint density at radius 3 is 2.54 bits per heavy atom. The number of nitrogen functional groups attached to an aromatic ring is 1. The fourth-order valence-corrected chi connectivity index (χ4v) is 4.76. The van der Waals surface area contributed by atoms with E-state index in [0.717, 1.165) is 37.4 Å². The number of hydrogen-bond acceptors (Lipinski definition) is 7. The second-order valence-electron chi connectivity index (χ2n) is 6.96. The van der Waals surface area contributed by atoms with Crippen LogP contribution in [0.25, 0.3) is 16.2 Å². The highest BCUT2D eigenvalue weighted by Gasteiger charge is 2.37. The van der Waals surface area contributed by atoms with Gasteiger partial charge < -0.3 is 16.0 Å². The molecule has 0 bridgehead atoms. The molecule has 3 N–H and O–H groups in total. The number of nitrogens with one attached hydrogen (secondary N) is 1. The third-order valence-electron chi connectivity index (χ3n) is 5.25. The number of nitrogens with two attached hydrogens (primary N) is 1. The lowest BCUT2D eigenvalue weighted by atomic mass is 10.0. The average molecular weight is 432 g/mol. The minimum atomic E-state index is -4.56. The van der Waals surface area contributed by atoms with Crippen molar-refractivity contribution in [3.05, 3.63) is 24.0 Å². The zero-order valence-electron chi connectivity index (χ0n) is 14.5. The average Bonchev–Trinajstić information content (AvgIpc) is 3.33. The van der Waals surface area contributed by atoms with Gasteiger partial charge in [-0.25, -0.2) is 14.5 Å². The van der Waals surface area contributed by atoms with Gasteiger partial charge in [0.25, 0.3) is 0 Å². The summed E-state index contributed by atoms with van der Waals surface area (Å²) in [4.78, 5) is 10.9. The van der Waals surface area contributed by atoms with Crippen LogP contribution in [0.3, 0.4) is 0 Å². The quantitative estimate of drug-likeness (QED) is 0.648. The molecule has 0 amide bonds. The first-order valence-corrected chi connectivity index (χ1v) is 9.35. The summed E-state index contributed by atoms with van der Waals surface area (Å²) in [7, 11) is 0. The Hall–Kier alpha value is -2.11. The number of alkyl halides is 3. The number of hydrogen-bond donors (Lipinski definition) is 2. The summed E-state index contributed by atoms with van der Waals surface area (Å²) in [5.41, 5.74) is 5.19. The molecule has 0 saturated carbocycles. The fourth-order valence-electron chi connectivity index (χ4n) is 3.86. The van der Waals surface area contributed by atoms with Crippen molar-refractivity contribution < 1.29 is 13.2 Å². The molecule has 5 rings (SSSR count). The Morgan fingerprint density at radius 2 is 1.86 bits per heavy atom. The third-order valence-corrected chi connectivity index (χ3v) is 6.24. The van der Waals surface area contributed by atoms with Crippen molar-refractivity contribution in [2.75, 3.05) is 36.8 Å². The van der Waals surface area contributed by atoms with Crippen LogP contribution in [0.4, 0.5) is 24.1 Å². The van der Waals surface area contributed by atoms with Crippen molar-refractivity contribution in [1.29, 1.82) is 0 Å². The largest absolute Gasteiger partial charge is 0.419 e. The van der Waals surface area contributed by atoms with Gasteiger partial charge >= 0.3 is 6.18 Å². The second-order valence-corrected chi connectivity index (χ2v) is 7.89. The zero-order valence-corrected chi connectivity index (χ0v) is 16.1. The highest BCUT2D eigenvalue weighted by atomic mass is 35.5. The van der Waals surface area contributed by atoms with Crippen LogP contribution in [0.5, 0.6) is 0 Å². The molecule has 0 spiro atoms. The standard InChI is InChI=1S/C16H16F3N7S.ClH/c17-16(18,19)11-1-8(4-22-13(11)20)12-5-23-14-26(12)24-15(27-14)25-6-9-2-21-3-10(9)7-25;/h1,4-5,9-10,21H,2-3,6-7H2,(H2,20,22);1H/t9-,10+;. The monoisotopic (exact) mass is 431 g/mol. The molecule has 7 nitrogen and oxygen atoms in total. The third kappa shape index (κ3) is 3.07. The first kappa shape index (κ1) is 19.2. The molecule has 0 aliphatic carbocycles. The van der Waals surface area contributed by atoms with Crippen LogP contribution in [-0.2, 0) is 6.18 Å². The summed E-state index contributed by atoms with van der Waals surface area (Å²) in [5.74, 6) is 0.705. The van der Waals surface area contributed by atoms with Gasteiger partial charge in [-0.05, 0) is 17.9 Å². The van der Waals surface area contributed by atoms with Gasteiger partial charge in [-0.1, -0.05) is 11.3 Å². The first-order valence-electron chi connectivity index (χ1n) is 8.53. The van der Waals surface area contributed by atoms with Crippen LogP contribution in [0, 0.1) is 11.8 Å². The summed E-state index contributed by atoms with van der Waals surface area (Å²) in [6, 6.07) is 0.997. The molecular weight excluding hydrogens is 415 g/mol. The Bertz CT molecular complexity index is 1010. The van der Waals surface area contributed by atoms with Gasteiger partial charge in [0.05, 0.1) is 17.5 Å². The summed E-state index contributed by atoms with van der Waals surface area (Å²) < 4.78 is 41.0. The molecule has 0 unspecified atom stereocenters. The maximum absolute atomic E-state index is 13.1. The number of fused-ring (bicyclic) bond motifs is 2. The number of imidazole rings is 1.